The van der Waals surface area contributed by atoms with E-state index >= 15 is 0 Å². The number of carbonyl (C=O) groups excluding carboxylic acids is 1. The van der Waals surface area contributed by atoms with Crippen molar-refractivity contribution in [2.75, 3.05) is 24.5 Å². The van der Waals surface area contributed by atoms with Gasteiger partial charge in [-0.05, 0) is 31.0 Å². The summed E-state index contributed by atoms with van der Waals surface area (Å²) in [5, 5.41) is 12.1. The molecular weight excluding hydrogens is 244 g/mol. The molecule has 2 rings (SSSR count). The van der Waals surface area contributed by atoms with E-state index in [2.05, 4.69) is 5.32 Å². The van der Waals surface area contributed by atoms with Gasteiger partial charge in [0.2, 0.25) is 5.91 Å². The van der Waals surface area contributed by atoms with Crippen molar-refractivity contribution in [3.05, 3.63) is 29.3 Å². The van der Waals surface area contributed by atoms with Crippen LogP contribution >= 0.6 is 0 Å². The van der Waals surface area contributed by atoms with Gasteiger partial charge in [0.05, 0.1) is 12.5 Å². The SMILES string of the molecule is Cc1cccc(N2CC(C(=O)O)CNCC2=O)c1C. The van der Waals surface area contributed by atoms with Crippen LogP contribution in [0.15, 0.2) is 18.2 Å². The van der Waals surface area contributed by atoms with Crippen LogP contribution in [0.2, 0.25) is 0 Å². The average molecular weight is 262 g/mol. The van der Waals surface area contributed by atoms with Gasteiger partial charge in [0.25, 0.3) is 0 Å². The summed E-state index contributed by atoms with van der Waals surface area (Å²) in [7, 11) is 0. The maximum absolute atomic E-state index is 12.1. The van der Waals surface area contributed by atoms with Crippen molar-refractivity contribution < 1.29 is 14.7 Å². The topological polar surface area (TPSA) is 69.6 Å². The Labute approximate surface area is 112 Å². The number of anilines is 1. The lowest BCUT2D eigenvalue weighted by Gasteiger charge is -2.25. The largest absolute Gasteiger partial charge is 0.481 e. The molecule has 1 fully saturated rings. The van der Waals surface area contributed by atoms with Gasteiger partial charge in [-0.15, -0.1) is 0 Å². The summed E-state index contributed by atoms with van der Waals surface area (Å²) in [5.41, 5.74) is 2.91. The van der Waals surface area contributed by atoms with E-state index < -0.39 is 11.9 Å². The highest BCUT2D eigenvalue weighted by atomic mass is 16.4. The van der Waals surface area contributed by atoms with Crippen LogP contribution in [0, 0.1) is 19.8 Å². The molecule has 1 atom stereocenters. The summed E-state index contributed by atoms with van der Waals surface area (Å²) in [6.45, 7) is 4.64. The third kappa shape index (κ3) is 2.76. The molecular formula is C14H18N2O3. The molecule has 1 unspecified atom stereocenters. The second-order valence-corrected chi connectivity index (χ2v) is 4.89. The fourth-order valence-electron chi connectivity index (χ4n) is 2.26. The molecule has 0 saturated carbocycles. The van der Waals surface area contributed by atoms with Crippen LogP contribution in [0.1, 0.15) is 11.1 Å². The van der Waals surface area contributed by atoms with Gasteiger partial charge in [0.15, 0.2) is 0 Å². The molecule has 1 aromatic rings. The minimum Gasteiger partial charge on any atom is -0.481 e. The lowest BCUT2D eigenvalue weighted by molar-refractivity contribution is -0.141. The smallest absolute Gasteiger partial charge is 0.309 e. The van der Waals surface area contributed by atoms with Gasteiger partial charge in [-0.2, -0.15) is 0 Å². The average Bonchev–Trinajstić information content (AvgIpc) is 2.55. The van der Waals surface area contributed by atoms with Crippen LogP contribution in [0.5, 0.6) is 0 Å². The van der Waals surface area contributed by atoms with E-state index in [0.29, 0.717) is 6.54 Å². The highest BCUT2D eigenvalue weighted by molar-refractivity contribution is 5.96. The molecule has 1 heterocycles. The molecule has 102 valence electrons. The van der Waals surface area contributed by atoms with E-state index in [1.165, 1.54) is 0 Å². The maximum Gasteiger partial charge on any atom is 0.309 e. The predicted octanol–water partition coefficient (Wildman–Crippen LogP) is 0.940. The molecule has 0 radical (unpaired) electrons. The third-order valence-electron chi connectivity index (χ3n) is 3.59. The first-order valence-electron chi connectivity index (χ1n) is 6.31. The van der Waals surface area contributed by atoms with Crippen molar-refractivity contribution in [1.82, 2.24) is 5.32 Å². The number of amides is 1. The van der Waals surface area contributed by atoms with Crippen molar-refractivity contribution >= 4 is 17.6 Å². The van der Waals surface area contributed by atoms with Crippen molar-refractivity contribution in [3.8, 4) is 0 Å². The number of hydrogen-bond acceptors (Lipinski definition) is 3. The molecule has 1 aliphatic heterocycles. The molecule has 0 aromatic heterocycles. The van der Waals surface area contributed by atoms with Crippen LogP contribution in [0.25, 0.3) is 0 Å². The van der Waals surface area contributed by atoms with Gasteiger partial charge in [-0.25, -0.2) is 0 Å². The monoisotopic (exact) mass is 262 g/mol. The Hall–Kier alpha value is -1.88. The van der Waals surface area contributed by atoms with Crippen molar-refractivity contribution in [3.63, 3.8) is 0 Å². The van der Waals surface area contributed by atoms with Crippen molar-refractivity contribution in [1.29, 1.82) is 0 Å². The van der Waals surface area contributed by atoms with Crippen molar-refractivity contribution in [2.45, 2.75) is 13.8 Å². The van der Waals surface area contributed by atoms with Crippen LogP contribution in [0.4, 0.5) is 5.69 Å². The first kappa shape index (κ1) is 13.5. The molecule has 1 aliphatic rings. The highest BCUT2D eigenvalue weighted by Gasteiger charge is 2.29. The molecule has 0 spiro atoms. The Bertz CT molecular complexity index is 513. The zero-order chi connectivity index (χ0) is 14.0. The lowest BCUT2D eigenvalue weighted by Crippen LogP contribution is -2.37. The van der Waals surface area contributed by atoms with E-state index in [-0.39, 0.29) is 19.0 Å². The summed E-state index contributed by atoms with van der Waals surface area (Å²) in [5.74, 6) is -1.54. The lowest BCUT2D eigenvalue weighted by atomic mass is 10.1. The molecule has 1 saturated heterocycles. The minimum atomic E-state index is -0.877. The number of benzene rings is 1. The number of aliphatic carboxylic acids is 1. The number of carboxylic acid groups (broad SMARTS) is 1. The van der Waals surface area contributed by atoms with Crippen LogP contribution in [0.3, 0.4) is 0 Å². The molecule has 5 nitrogen and oxygen atoms in total. The Balaban J connectivity index is 2.36. The second kappa shape index (κ2) is 5.40. The first-order chi connectivity index (χ1) is 9.00. The van der Waals surface area contributed by atoms with Gasteiger partial charge in [0, 0.05) is 18.8 Å². The summed E-state index contributed by atoms with van der Waals surface area (Å²) >= 11 is 0. The number of rotatable bonds is 2. The standard InChI is InChI=1S/C14H18N2O3/c1-9-4-3-5-12(10(9)2)16-8-11(14(18)19)6-15-7-13(16)17/h3-5,11,15H,6-8H2,1-2H3,(H,18,19). The number of nitrogens with one attached hydrogen (secondary N) is 1. The van der Waals surface area contributed by atoms with E-state index in [1.54, 1.807) is 4.90 Å². The van der Waals surface area contributed by atoms with Crippen LogP contribution in [-0.2, 0) is 9.59 Å². The number of nitrogens with zero attached hydrogens (tertiary/aromatic N) is 1. The first-order valence-corrected chi connectivity index (χ1v) is 6.31. The molecule has 5 heteroatoms. The Kier molecular flexibility index (Phi) is 3.85. The van der Waals surface area contributed by atoms with Gasteiger partial charge in [-0.3, -0.25) is 9.59 Å². The van der Waals surface area contributed by atoms with Gasteiger partial charge < -0.3 is 15.3 Å². The van der Waals surface area contributed by atoms with E-state index in [1.807, 2.05) is 32.0 Å². The molecule has 19 heavy (non-hydrogen) atoms. The number of carboxylic acids is 1. The number of carbonyl (C=O) groups is 2. The molecule has 1 aromatic carbocycles. The fourth-order valence-corrected chi connectivity index (χ4v) is 2.26. The molecule has 0 aliphatic carbocycles. The Morgan fingerprint density at radius 2 is 2.16 bits per heavy atom. The van der Waals surface area contributed by atoms with E-state index in [0.717, 1.165) is 16.8 Å². The van der Waals surface area contributed by atoms with E-state index in [9.17, 15) is 9.59 Å². The third-order valence-corrected chi connectivity index (χ3v) is 3.59. The Morgan fingerprint density at radius 1 is 1.42 bits per heavy atom. The zero-order valence-corrected chi connectivity index (χ0v) is 11.1. The maximum atomic E-state index is 12.1. The zero-order valence-electron chi connectivity index (χ0n) is 11.1. The quantitative estimate of drug-likeness (QED) is 0.832. The van der Waals surface area contributed by atoms with Crippen LogP contribution < -0.4 is 10.2 Å². The minimum absolute atomic E-state index is 0.0857. The predicted molar refractivity (Wildman–Crippen MR) is 72.3 cm³/mol. The molecule has 2 N–H and O–H groups in total. The Morgan fingerprint density at radius 3 is 2.84 bits per heavy atom. The molecule has 1 amide bonds. The molecule has 0 bridgehead atoms. The van der Waals surface area contributed by atoms with Gasteiger partial charge in [-0.1, -0.05) is 12.1 Å². The number of hydrogen-bond donors (Lipinski definition) is 2. The van der Waals surface area contributed by atoms with Crippen LogP contribution in [-0.4, -0.2) is 36.6 Å². The summed E-state index contributed by atoms with van der Waals surface area (Å²) in [4.78, 5) is 24.9. The second-order valence-electron chi connectivity index (χ2n) is 4.89. The number of aryl methyl sites for hydroxylation is 1. The van der Waals surface area contributed by atoms with E-state index in [4.69, 9.17) is 5.11 Å². The highest BCUT2D eigenvalue weighted by Crippen LogP contribution is 2.24. The van der Waals surface area contributed by atoms with Crippen molar-refractivity contribution in [2.24, 2.45) is 5.92 Å². The summed E-state index contributed by atoms with van der Waals surface area (Å²) in [6.07, 6.45) is 0. The summed E-state index contributed by atoms with van der Waals surface area (Å²) < 4.78 is 0. The fraction of sp³-hybridized carbons (Fsp3) is 0.429. The normalized spacial score (nSPS) is 20.2. The van der Waals surface area contributed by atoms with Gasteiger partial charge in [0.1, 0.15) is 0 Å². The summed E-state index contributed by atoms with van der Waals surface area (Å²) in [6, 6.07) is 5.73. The van der Waals surface area contributed by atoms with Gasteiger partial charge >= 0.3 is 5.97 Å².